The van der Waals surface area contributed by atoms with E-state index in [2.05, 4.69) is 84.3 Å². The molecule has 2 amide bonds. The van der Waals surface area contributed by atoms with Gasteiger partial charge in [0.1, 0.15) is 29.7 Å². The highest BCUT2D eigenvalue weighted by Crippen LogP contribution is 2.38. The van der Waals surface area contributed by atoms with Crippen LogP contribution in [0.25, 0.3) is 22.2 Å². The molecule has 0 radical (unpaired) electrons. The molecule has 0 aliphatic heterocycles. The maximum atomic E-state index is 14.1. The molecule has 10 heteroatoms. The Morgan fingerprint density at radius 2 is 1.77 bits per heavy atom. The lowest BCUT2D eigenvalue weighted by molar-refractivity contribution is 0.256. The minimum atomic E-state index is -0.344. The van der Waals surface area contributed by atoms with Crippen molar-refractivity contribution in [1.29, 1.82) is 0 Å². The Morgan fingerprint density at radius 3 is 2.47 bits per heavy atom. The van der Waals surface area contributed by atoms with Crippen molar-refractivity contribution in [2.24, 2.45) is 0 Å². The number of carbonyl (C=O) groups is 1. The summed E-state index contributed by atoms with van der Waals surface area (Å²) in [6, 6.07) is 17.6. The number of benzene rings is 2. The molecule has 0 spiro atoms. The zero-order valence-electron chi connectivity index (χ0n) is 28.0. The van der Waals surface area contributed by atoms with Gasteiger partial charge in [-0.3, -0.25) is 14.4 Å². The van der Waals surface area contributed by atoms with Crippen LogP contribution in [0.2, 0.25) is 0 Å². The van der Waals surface area contributed by atoms with Gasteiger partial charge in [-0.1, -0.05) is 53.2 Å². The average molecular weight is 636 g/mol. The number of aromatic nitrogens is 5. The first-order valence-corrected chi connectivity index (χ1v) is 16.5. The molecular weight excluding hydrogens is 590 g/mol. The Kier molecular flexibility index (Phi) is 11.0. The molecule has 5 rings (SSSR count). The molecule has 10 nitrogen and oxygen atoms in total. The Bertz CT molecular complexity index is 1820. The van der Waals surface area contributed by atoms with Gasteiger partial charge in [0.05, 0.1) is 6.61 Å². The van der Waals surface area contributed by atoms with Gasteiger partial charge in [0.2, 0.25) is 0 Å². The summed E-state index contributed by atoms with van der Waals surface area (Å²) in [6.45, 7) is 12.4. The Morgan fingerprint density at radius 1 is 0.979 bits per heavy atom. The van der Waals surface area contributed by atoms with Gasteiger partial charge in [0.15, 0.2) is 0 Å². The number of H-pyrrole nitrogens is 1. The first-order chi connectivity index (χ1) is 22.7. The van der Waals surface area contributed by atoms with Crippen LogP contribution < -0.4 is 20.5 Å². The number of rotatable bonds is 14. The van der Waals surface area contributed by atoms with Gasteiger partial charge < -0.3 is 15.0 Å². The van der Waals surface area contributed by atoms with Crippen molar-refractivity contribution in [3.63, 3.8) is 0 Å². The summed E-state index contributed by atoms with van der Waals surface area (Å²) in [5.74, 6) is 1.08. The molecule has 0 unspecified atom stereocenters. The second-order valence-corrected chi connectivity index (χ2v) is 12.4. The highest BCUT2D eigenvalue weighted by molar-refractivity contribution is 6.03. The van der Waals surface area contributed by atoms with Crippen molar-refractivity contribution in [1.82, 2.24) is 24.7 Å². The van der Waals surface area contributed by atoms with Crippen molar-refractivity contribution in [3.8, 4) is 16.9 Å². The molecule has 0 atom stereocenters. The second-order valence-electron chi connectivity index (χ2n) is 12.4. The van der Waals surface area contributed by atoms with Crippen molar-refractivity contribution >= 4 is 28.4 Å². The Labute approximate surface area is 276 Å². The maximum absolute atomic E-state index is 14.1. The number of aromatic amines is 1. The molecule has 0 saturated heterocycles. The number of nitrogens with one attached hydrogen (secondary N) is 2. The molecule has 47 heavy (non-hydrogen) atoms. The predicted molar refractivity (Wildman–Crippen MR) is 188 cm³/mol. The largest absolute Gasteiger partial charge is 0.494 e. The Balaban J connectivity index is 1.41. The Hall–Kier alpha value is -4.99. The number of hydrogen-bond donors (Lipinski definition) is 2. The highest BCUT2D eigenvalue weighted by atomic mass is 16.5. The monoisotopic (exact) mass is 635 g/mol. The van der Waals surface area contributed by atoms with Crippen LogP contribution in [0.3, 0.4) is 0 Å². The smallest absolute Gasteiger partial charge is 0.326 e. The first-order valence-electron chi connectivity index (χ1n) is 16.5. The summed E-state index contributed by atoms with van der Waals surface area (Å²) in [5.41, 5.74) is 5.43. The standard InChI is InChI=1S/C37H45N7O3/c1-6-7-17-44(33-22-28-13-11-15-39-35(28)42-36(33)45)37(46)41-34-31(25(2)3)20-29(21-32(34)26(4)5)27-12-10-14-30(19-27)47-18-9-8-16-43-24-38-23-40-43/h10-15,19-26H,6-9,16-18H2,1-5H3,(H,41,46)(H,39,42,45). The second kappa shape index (κ2) is 15.5. The number of urea groups is 1. The normalized spacial score (nSPS) is 11.4. The molecule has 3 aromatic heterocycles. The molecule has 0 aliphatic rings. The van der Waals surface area contributed by atoms with Crippen LogP contribution >= 0.6 is 0 Å². The van der Waals surface area contributed by atoms with E-state index < -0.39 is 0 Å². The summed E-state index contributed by atoms with van der Waals surface area (Å²) >= 11 is 0. The molecular formula is C37H45N7O3. The molecule has 5 aromatic rings. The summed E-state index contributed by atoms with van der Waals surface area (Å²) < 4.78 is 7.94. The van der Waals surface area contributed by atoms with Crippen LogP contribution in [0.5, 0.6) is 5.75 Å². The SMILES string of the molecule is CCCCN(C(=O)Nc1c(C(C)C)cc(-c2cccc(OCCCCn3cncn3)c2)cc1C(C)C)c1cc2cccnc2[nH]c1=O. The summed E-state index contributed by atoms with van der Waals surface area (Å²) in [7, 11) is 0. The molecule has 0 bridgehead atoms. The maximum Gasteiger partial charge on any atom is 0.326 e. The lowest BCUT2D eigenvalue weighted by Gasteiger charge is -2.27. The van der Waals surface area contributed by atoms with Crippen LogP contribution in [0.1, 0.15) is 83.3 Å². The summed E-state index contributed by atoms with van der Waals surface area (Å²) in [4.78, 5) is 39.9. The van der Waals surface area contributed by atoms with E-state index in [0.29, 0.717) is 24.5 Å². The molecule has 0 aliphatic carbocycles. The van der Waals surface area contributed by atoms with E-state index in [1.807, 2.05) is 28.9 Å². The van der Waals surface area contributed by atoms with Gasteiger partial charge in [0, 0.05) is 30.4 Å². The van der Waals surface area contributed by atoms with E-state index in [0.717, 1.165) is 71.3 Å². The fourth-order valence-corrected chi connectivity index (χ4v) is 5.63. The van der Waals surface area contributed by atoms with E-state index in [-0.39, 0.29) is 23.4 Å². The lowest BCUT2D eigenvalue weighted by atomic mass is 9.88. The number of fused-ring (bicyclic) bond motifs is 1. The van der Waals surface area contributed by atoms with Crippen LogP contribution in [0, 0.1) is 0 Å². The van der Waals surface area contributed by atoms with E-state index in [4.69, 9.17) is 4.74 Å². The molecule has 2 aromatic carbocycles. The van der Waals surface area contributed by atoms with E-state index in [1.54, 1.807) is 29.8 Å². The predicted octanol–water partition coefficient (Wildman–Crippen LogP) is 8.13. The van der Waals surface area contributed by atoms with Crippen molar-refractivity contribution in [2.45, 2.75) is 78.7 Å². The van der Waals surface area contributed by atoms with Gasteiger partial charge in [-0.2, -0.15) is 5.10 Å². The van der Waals surface area contributed by atoms with Gasteiger partial charge in [-0.15, -0.1) is 0 Å². The third kappa shape index (κ3) is 8.24. The third-order valence-electron chi connectivity index (χ3n) is 8.23. The highest BCUT2D eigenvalue weighted by Gasteiger charge is 2.24. The summed E-state index contributed by atoms with van der Waals surface area (Å²) in [5, 5.41) is 8.17. The quantitative estimate of drug-likeness (QED) is 0.119. The lowest BCUT2D eigenvalue weighted by Crippen LogP contribution is -2.39. The molecule has 0 fully saturated rings. The number of hydrogen-bond acceptors (Lipinski definition) is 6. The molecule has 246 valence electrons. The first kappa shape index (κ1) is 33.4. The number of nitrogens with zero attached hydrogens (tertiary/aromatic N) is 5. The summed E-state index contributed by atoms with van der Waals surface area (Å²) in [6.07, 6.45) is 8.41. The van der Waals surface area contributed by atoms with Gasteiger partial charge in [-0.05, 0) is 95.8 Å². The van der Waals surface area contributed by atoms with E-state index in [1.165, 1.54) is 0 Å². The molecule has 3 heterocycles. The fraction of sp³-hybridized carbons (Fsp3) is 0.378. The van der Waals surface area contributed by atoms with Crippen molar-refractivity contribution in [2.75, 3.05) is 23.4 Å². The minimum Gasteiger partial charge on any atom is -0.494 e. The van der Waals surface area contributed by atoms with Gasteiger partial charge in [0.25, 0.3) is 5.56 Å². The van der Waals surface area contributed by atoms with Crippen LogP contribution in [0.15, 0.2) is 78.2 Å². The number of unbranched alkanes of at least 4 members (excludes halogenated alkanes) is 2. The van der Waals surface area contributed by atoms with Crippen molar-refractivity contribution < 1.29 is 9.53 Å². The van der Waals surface area contributed by atoms with E-state index in [9.17, 15) is 9.59 Å². The number of aryl methyl sites for hydroxylation is 1. The number of pyridine rings is 2. The topological polar surface area (TPSA) is 118 Å². The van der Waals surface area contributed by atoms with Crippen molar-refractivity contribution in [3.05, 3.63) is 94.9 Å². The number of ether oxygens (including phenoxy) is 1. The third-order valence-corrected chi connectivity index (χ3v) is 8.23. The fourth-order valence-electron chi connectivity index (χ4n) is 5.63. The zero-order valence-corrected chi connectivity index (χ0v) is 28.0. The van der Waals surface area contributed by atoms with Gasteiger partial charge >= 0.3 is 6.03 Å². The number of anilines is 2. The minimum absolute atomic E-state index is 0.131. The molecule has 2 N–H and O–H groups in total. The van der Waals surface area contributed by atoms with Crippen LogP contribution in [-0.4, -0.2) is 43.9 Å². The molecule has 0 saturated carbocycles. The number of carbonyl (C=O) groups excluding carboxylic acids is 1. The zero-order chi connectivity index (χ0) is 33.3. The number of amides is 2. The van der Waals surface area contributed by atoms with Gasteiger partial charge in [-0.25, -0.2) is 14.8 Å². The average Bonchev–Trinajstić information content (AvgIpc) is 3.58. The van der Waals surface area contributed by atoms with E-state index >= 15 is 0 Å². The van der Waals surface area contributed by atoms with Crippen LogP contribution in [0.4, 0.5) is 16.2 Å². The van der Waals surface area contributed by atoms with Crippen LogP contribution in [-0.2, 0) is 6.54 Å².